The van der Waals surface area contributed by atoms with Gasteiger partial charge in [0.05, 0.1) is 0 Å². The van der Waals surface area contributed by atoms with Gasteiger partial charge in [-0.2, -0.15) is 0 Å². The molecule has 0 bridgehead atoms. The summed E-state index contributed by atoms with van der Waals surface area (Å²) in [7, 11) is 0. The van der Waals surface area contributed by atoms with Crippen LogP contribution in [0, 0.1) is 0 Å². The summed E-state index contributed by atoms with van der Waals surface area (Å²) in [6, 6.07) is 13.5. The van der Waals surface area contributed by atoms with Crippen LogP contribution in [0.2, 0.25) is 5.02 Å². The Hall–Kier alpha value is -1.85. The van der Waals surface area contributed by atoms with Crippen molar-refractivity contribution in [3.05, 3.63) is 65.6 Å². The van der Waals surface area contributed by atoms with Crippen molar-refractivity contribution in [2.75, 3.05) is 0 Å². The van der Waals surface area contributed by atoms with Crippen LogP contribution in [0.4, 0.5) is 0 Å². The molecule has 0 aliphatic heterocycles. The maximum absolute atomic E-state index is 6.15. The molecule has 0 fully saturated rings. The molecular formula is C14H11ClN4S. The summed E-state index contributed by atoms with van der Waals surface area (Å²) in [5.74, 6) is 1.55. The predicted molar refractivity (Wildman–Crippen MR) is 80.2 cm³/mol. The number of hydrogen-bond donors (Lipinski definition) is 0. The molecule has 20 heavy (non-hydrogen) atoms. The van der Waals surface area contributed by atoms with E-state index in [4.69, 9.17) is 11.6 Å². The molecule has 0 unspecified atom stereocenters. The summed E-state index contributed by atoms with van der Waals surface area (Å²) >= 11 is 7.73. The molecule has 3 rings (SSSR count). The van der Waals surface area contributed by atoms with Gasteiger partial charge in [-0.05, 0) is 23.8 Å². The van der Waals surface area contributed by atoms with E-state index in [9.17, 15) is 0 Å². The van der Waals surface area contributed by atoms with Crippen molar-refractivity contribution in [2.24, 2.45) is 0 Å². The summed E-state index contributed by atoms with van der Waals surface area (Å²) in [4.78, 5) is 4.30. The molecule has 0 aliphatic rings. The highest BCUT2D eigenvalue weighted by atomic mass is 35.5. The summed E-state index contributed by atoms with van der Waals surface area (Å²) in [5, 5.41) is 9.65. The summed E-state index contributed by atoms with van der Waals surface area (Å²) in [5.41, 5.74) is 1.08. The molecule has 100 valence electrons. The van der Waals surface area contributed by atoms with Crippen molar-refractivity contribution in [2.45, 2.75) is 10.9 Å². The fraction of sp³-hybridized carbons (Fsp3) is 0.0714. The minimum absolute atomic E-state index is 0.741. The largest absolute Gasteiger partial charge is 0.260 e. The number of aromatic nitrogens is 4. The van der Waals surface area contributed by atoms with Gasteiger partial charge in [-0.15, -0.1) is 10.2 Å². The summed E-state index contributed by atoms with van der Waals surface area (Å²) in [6.07, 6.45) is 3.41. The molecule has 0 spiro atoms. The van der Waals surface area contributed by atoms with E-state index in [1.807, 2.05) is 47.0 Å². The monoisotopic (exact) mass is 302 g/mol. The highest BCUT2D eigenvalue weighted by Gasteiger charge is 2.09. The molecule has 0 saturated carbocycles. The molecule has 0 amide bonds. The van der Waals surface area contributed by atoms with Crippen LogP contribution in [0.1, 0.15) is 5.56 Å². The van der Waals surface area contributed by atoms with E-state index in [0.717, 1.165) is 27.3 Å². The van der Waals surface area contributed by atoms with E-state index in [1.54, 1.807) is 24.3 Å². The van der Waals surface area contributed by atoms with Gasteiger partial charge in [0.25, 0.3) is 0 Å². The molecule has 0 aliphatic carbocycles. The number of hydrogen-bond acceptors (Lipinski definition) is 4. The molecule has 2 aromatic heterocycles. The molecule has 0 radical (unpaired) electrons. The van der Waals surface area contributed by atoms with E-state index in [1.165, 1.54) is 0 Å². The predicted octanol–water partition coefficient (Wildman–Crippen LogP) is 3.61. The van der Waals surface area contributed by atoms with Gasteiger partial charge in [-0.25, -0.2) is 4.98 Å². The van der Waals surface area contributed by atoms with Crippen LogP contribution in [0.25, 0.3) is 5.82 Å². The second-order valence-corrected chi connectivity index (χ2v) is 5.40. The molecule has 0 N–H and O–H groups in total. The first-order valence-electron chi connectivity index (χ1n) is 6.02. The number of nitrogens with zero attached hydrogens (tertiary/aromatic N) is 4. The maximum atomic E-state index is 6.15. The average molecular weight is 303 g/mol. The smallest absolute Gasteiger partial charge is 0.197 e. The fourth-order valence-electron chi connectivity index (χ4n) is 1.73. The van der Waals surface area contributed by atoms with Gasteiger partial charge in [0.1, 0.15) is 12.1 Å². The van der Waals surface area contributed by atoms with Crippen molar-refractivity contribution >= 4 is 23.4 Å². The lowest BCUT2D eigenvalue weighted by atomic mass is 10.2. The van der Waals surface area contributed by atoms with Gasteiger partial charge in [-0.1, -0.05) is 47.6 Å². The average Bonchev–Trinajstić information content (AvgIpc) is 2.96. The standard InChI is InChI=1S/C14H11ClN4S/c15-12-6-2-1-5-11(12)9-20-14-18-17-10-19(14)13-7-3-4-8-16-13/h1-8,10H,9H2. The van der Waals surface area contributed by atoms with Crippen LogP contribution in [-0.4, -0.2) is 19.7 Å². The SMILES string of the molecule is Clc1ccccc1CSc1nncn1-c1ccccn1. The lowest BCUT2D eigenvalue weighted by Gasteiger charge is -2.06. The Kier molecular flexibility index (Phi) is 3.99. The normalized spacial score (nSPS) is 10.7. The minimum Gasteiger partial charge on any atom is -0.260 e. The molecule has 0 atom stereocenters. The Bertz CT molecular complexity index is 699. The van der Waals surface area contributed by atoms with Crippen molar-refractivity contribution in [3.8, 4) is 5.82 Å². The van der Waals surface area contributed by atoms with Gasteiger partial charge in [0.15, 0.2) is 5.16 Å². The van der Waals surface area contributed by atoms with Gasteiger partial charge >= 0.3 is 0 Å². The molecule has 0 saturated heterocycles. The molecular weight excluding hydrogens is 292 g/mol. The quantitative estimate of drug-likeness (QED) is 0.691. The Labute approximate surface area is 125 Å². The molecule has 2 heterocycles. The zero-order chi connectivity index (χ0) is 13.8. The van der Waals surface area contributed by atoms with E-state index in [2.05, 4.69) is 15.2 Å². The first-order valence-corrected chi connectivity index (χ1v) is 7.38. The van der Waals surface area contributed by atoms with Crippen molar-refractivity contribution < 1.29 is 0 Å². The van der Waals surface area contributed by atoms with Crippen LogP contribution >= 0.6 is 23.4 Å². The number of halogens is 1. The zero-order valence-corrected chi connectivity index (χ0v) is 12.1. The summed E-state index contributed by atoms with van der Waals surface area (Å²) in [6.45, 7) is 0. The third-order valence-electron chi connectivity index (χ3n) is 2.73. The Morgan fingerprint density at radius 1 is 1.10 bits per heavy atom. The Balaban J connectivity index is 1.80. The van der Waals surface area contributed by atoms with Crippen LogP contribution in [0.5, 0.6) is 0 Å². The molecule has 3 aromatic rings. The topological polar surface area (TPSA) is 43.6 Å². The van der Waals surface area contributed by atoms with Gasteiger partial charge in [-0.3, -0.25) is 4.57 Å². The highest BCUT2D eigenvalue weighted by molar-refractivity contribution is 7.98. The molecule has 1 aromatic carbocycles. The maximum Gasteiger partial charge on any atom is 0.197 e. The number of rotatable bonds is 4. The highest BCUT2D eigenvalue weighted by Crippen LogP contribution is 2.26. The molecule has 4 nitrogen and oxygen atoms in total. The third-order valence-corrected chi connectivity index (χ3v) is 4.09. The Morgan fingerprint density at radius 2 is 1.95 bits per heavy atom. The van der Waals surface area contributed by atoms with Crippen LogP contribution < -0.4 is 0 Å². The number of thioether (sulfide) groups is 1. The van der Waals surface area contributed by atoms with Crippen LogP contribution in [0.3, 0.4) is 0 Å². The lowest BCUT2D eigenvalue weighted by molar-refractivity contribution is 0.857. The van der Waals surface area contributed by atoms with Gasteiger partial charge in [0, 0.05) is 17.0 Å². The van der Waals surface area contributed by atoms with E-state index >= 15 is 0 Å². The fourth-order valence-corrected chi connectivity index (χ4v) is 2.94. The minimum atomic E-state index is 0.741. The van der Waals surface area contributed by atoms with E-state index in [-0.39, 0.29) is 0 Å². The summed E-state index contributed by atoms with van der Waals surface area (Å²) < 4.78 is 1.86. The van der Waals surface area contributed by atoms with Crippen molar-refractivity contribution in [1.29, 1.82) is 0 Å². The Morgan fingerprint density at radius 3 is 2.75 bits per heavy atom. The second-order valence-electron chi connectivity index (χ2n) is 4.05. The number of benzene rings is 1. The number of pyridine rings is 1. The van der Waals surface area contributed by atoms with Crippen molar-refractivity contribution in [3.63, 3.8) is 0 Å². The van der Waals surface area contributed by atoms with Crippen molar-refractivity contribution in [1.82, 2.24) is 19.7 Å². The first kappa shape index (κ1) is 13.1. The molecule has 6 heteroatoms. The lowest BCUT2D eigenvalue weighted by Crippen LogP contribution is -1.97. The van der Waals surface area contributed by atoms with Crippen LogP contribution in [-0.2, 0) is 5.75 Å². The van der Waals surface area contributed by atoms with Gasteiger partial charge < -0.3 is 0 Å². The van der Waals surface area contributed by atoms with Crippen LogP contribution in [0.15, 0.2) is 60.1 Å². The second kappa shape index (κ2) is 6.07. The van der Waals surface area contributed by atoms with E-state index < -0.39 is 0 Å². The third kappa shape index (κ3) is 2.84. The first-order chi connectivity index (χ1) is 9.84. The van der Waals surface area contributed by atoms with Gasteiger partial charge in [0.2, 0.25) is 0 Å². The van der Waals surface area contributed by atoms with E-state index in [0.29, 0.717) is 0 Å². The zero-order valence-electron chi connectivity index (χ0n) is 10.5.